The zero-order valence-corrected chi connectivity index (χ0v) is 9.17. The van der Waals surface area contributed by atoms with Gasteiger partial charge in [0, 0.05) is 43.9 Å². The Morgan fingerprint density at radius 3 is 3.00 bits per heavy atom. The molecule has 0 aliphatic carbocycles. The highest BCUT2D eigenvalue weighted by Gasteiger charge is 2.39. The van der Waals surface area contributed by atoms with Crippen molar-refractivity contribution in [2.24, 2.45) is 5.92 Å². The van der Waals surface area contributed by atoms with E-state index in [0.717, 1.165) is 26.2 Å². The van der Waals surface area contributed by atoms with Gasteiger partial charge in [0.2, 0.25) is 0 Å². The molecule has 2 unspecified atom stereocenters. The zero-order chi connectivity index (χ0) is 11.1. The standard InChI is InChI=1S/C12H16N2O2/c15-5-4-13-6-9-7-14-11(10(9)8-13)2-1-3-12(14)16/h1-3,9-10,15H,4-8H2. The second kappa shape index (κ2) is 3.71. The average molecular weight is 220 g/mol. The van der Waals surface area contributed by atoms with Crippen molar-refractivity contribution in [3.63, 3.8) is 0 Å². The number of likely N-dealkylation sites (tertiary alicyclic amines) is 1. The van der Waals surface area contributed by atoms with Crippen LogP contribution >= 0.6 is 0 Å². The van der Waals surface area contributed by atoms with Gasteiger partial charge in [0.15, 0.2) is 0 Å². The Morgan fingerprint density at radius 1 is 1.31 bits per heavy atom. The first-order chi connectivity index (χ1) is 7.79. The van der Waals surface area contributed by atoms with Gasteiger partial charge in [-0.15, -0.1) is 0 Å². The SMILES string of the molecule is O=c1cccc2n1CC1CN(CCO)CC21. The Kier molecular flexibility index (Phi) is 2.33. The van der Waals surface area contributed by atoms with Gasteiger partial charge in [-0.2, -0.15) is 0 Å². The maximum Gasteiger partial charge on any atom is 0.250 e. The minimum absolute atomic E-state index is 0.126. The summed E-state index contributed by atoms with van der Waals surface area (Å²) in [5.74, 6) is 1.04. The first-order valence-corrected chi connectivity index (χ1v) is 5.82. The molecule has 1 aromatic heterocycles. The van der Waals surface area contributed by atoms with Gasteiger partial charge >= 0.3 is 0 Å². The summed E-state index contributed by atoms with van der Waals surface area (Å²) in [6.45, 7) is 3.81. The summed E-state index contributed by atoms with van der Waals surface area (Å²) >= 11 is 0. The van der Waals surface area contributed by atoms with E-state index in [4.69, 9.17) is 5.11 Å². The summed E-state index contributed by atoms with van der Waals surface area (Å²) in [5.41, 5.74) is 1.30. The van der Waals surface area contributed by atoms with E-state index in [0.29, 0.717) is 11.8 Å². The molecule has 3 rings (SSSR count). The number of aliphatic hydroxyl groups excluding tert-OH is 1. The second-order valence-electron chi connectivity index (χ2n) is 4.75. The molecule has 0 amide bonds. The van der Waals surface area contributed by atoms with Gasteiger partial charge in [0.25, 0.3) is 5.56 Å². The van der Waals surface area contributed by atoms with Crippen molar-refractivity contribution in [1.29, 1.82) is 0 Å². The van der Waals surface area contributed by atoms with Gasteiger partial charge in [-0.1, -0.05) is 6.07 Å². The molecule has 2 atom stereocenters. The molecule has 2 aliphatic heterocycles. The average Bonchev–Trinajstić information content (AvgIpc) is 2.77. The fraction of sp³-hybridized carbons (Fsp3) is 0.583. The third kappa shape index (κ3) is 1.41. The van der Waals surface area contributed by atoms with Crippen LogP contribution in [0.15, 0.2) is 23.0 Å². The van der Waals surface area contributed by atoms with Crippen molar-refractivity contribution >= 4 is 0 Å². The molecular weight excluding hydrogens is 204 g/mol. The number of hydrogen-bond donors (Lipinski definition) is 1. The van der Waals surface area contributed by atoms with Crippen molar-refractivity contribution in [2.45, 2.75) is 12.5 Å². The van der Waals surface area contributed by atoms with Crippen molar-refractivity contribution in [3.8, 4) is 0 Å². The summed E-state index contributed by atoms with van der Waals surface area (Å²) in [4.78, 5) is 13.9. The predicted molar refractivity (Wildman–Crippen MR) is 60.5 cm³/mol. The molecular formula is C12H16N2O2. The molecule has 4 nitrogen and oxygen atoms in total. The maximum atomic E-state index is 11.7. The van der Waals surface area contributed by atoms with Gasteiger partial charge in [-0.05, 0) is 12.0 Å². The number of aromatic nitrogens is 1. The van der Waals surface area contributed by atoms with Crippen molar-refractivity contribution in [2.75, 3.05) is 26.2 Å². The lowest BCUT2D eigenvalue weighted by Crippen LogP contribution is -2.28. The van der Waals surface area contributed by atoms with Crippen LogP contribution in [0.2, 0.25) is 0 Å². The number of nitrogens with zero attached hydrogens (tertiary/aromatic N) is 2. The largest absolute Gasteiger partial charge is 0.395 e. The summed E-state index contributed by atoms with van der Waals surface area (Å²) in [6, 6.07) is 5.55. The molecule has 0 bridgehead atoms. The minimum Gasteiger partial charge on any atom is -0.395 e. The third-order valence-corrected chi connectivity index (χ3v) is 3.81. The lowest BCUT2D eigenvalue weighted by molar-refractivity contribution is 0.214. The van der Waals surface area contributed by atoms with Gasteiger partial charge in [0.1, 0.15) is 0 Å². The number of rotatable bonds is 2. The molecule has 0 radical (unpaired) electrons. The molecule has 0 spiro atoms. The van der Waals surface area contributed by atoms with Crippen molar-refractivity contribution < 1.29 is 5.11 Å². The van der Waals surface area contributed by atoms with Gasteiger partial charge in [-0.3, -0.25) is 4.79 Å². The van der Waals surface area contributed by atoms with E-state index in [1.165, 1.54) is 5.69 Å². The molecule has 1 saturated heterocycles. The van der Waals surface area contributed by atoms with Crippen molar-refractivity contribution in [1.82, 2.24) is 9.47 Å². The van der Waals surface area contributed by atoms with E-state index in [1.54, 1.807) is 6.07 Å². The van der Waals surface area contributed by atoms with Crippen LogP contribution in [0.5, 0.6) is 0 Å². The molecule has 1 N–H and O–H groups in total. The number of fused-ring (bicyclic) bond motifs is 3. The Hall–Kier alpha value is -1.13. The Labute approximate surface area is 94.1 Å². The highest BCUT2D eigenvalue weighted by Crippen LogP contribution is 2.37. The molecule has 16 heavy (non-hydrogen) atoms. The van der Waals surface area contributed by atoms with Gasteiger partial charge < -0.3 is 14.6 Å². The highest BCUT2D eigenvalue weighted by molar-refractivity contribution is 5.20. The van der Waals surface area contributed by atoms with Crippen LogP contribution in [0.4, 0.5) is 0 Å². The lowest BCUT2D eigenvalue weighted by atomic mass is 9.97. The fourth-order valence-corrected chi connectivity index (χ4v) is 3.09. The molecule has 1 aromatic rings. The number of β-amino-alcohol motifs (C(OH)–C–C–N with tert-alkyl or cyclic N) is 1. The maximum absolute atomic E-state index is 11.7. The Balaban J connectivity index is 1.89. The summed E-state index contributed by atoms with van der Waals surface area (Å²) in [7, 11) is 0. The molecule has 0 aromatic carbocycles. The van der Waals surface area contributed by atoms with E-state index < -0.39 is 0 Å². The Bertz CT molecular complexity index is 455. The lowest BCUT2D eigenvalue weighted by Gasteiger charge is -2.15. The van der Waals surface area contributed by atoms with Gasteiger partial charge in [-0.25, -0.2) is 0 Å². The smallest absolute Gasteiger partial charge is 0.250 e. The zero-order valence-electron chi connectivity index (χ0n) is 9.17. The third-order valence-electron chi connectivity index (χ3n) is 3.81. The number of hydrogen-bond acceptors (Lipinski definition) is 3. The van der Waals surface area contributed by atoms with E-state index in [-0.39, 0.29) is 12.2 Å². The highest BCUT2D eigenvalue weighted by atomic mass is 16.3. The quantitative estimate of drug-likeness (QED) is 0.755. The van der Waals surface area contributed by atoms with Gasteiger partial charge in [0.05, 0.1) is 6.61 Å². The van der Waals surface area contributed by atoms with E-state index in [1.807, 2.05) is 10.6 Å². The Morgan fingerprint density at radius 2 is 2.19 bits per heavy atom. The topological polar surface area (TPSA) is 45.5 Å². The van der Waals surface area contributed by atoms with E-state index >= 15 is 0 Å². The number of pyridine rings is 1. The van der Waals surface area contributed by atoms with Crippen LogP contribution in [-0.2, 0) is 6.54 Å². The second-order valence-corrected chi connectivity index (χ2v) is 4.75. The predicted octanol–water partition coefficient (Wildman–Crippen LogP) is -0.130. The first-order valence-electron chi connectivity index (χ1n) is 5.82. The summed E-state index contributed by atoms with van der Waals surface area (Å²) < 4.78 is 1.91. The minimum atomic E-state index is 0.126. The molecule has 1 fully saturated rings. The molecule has 86 valence electrons. The number of aliphatic hydroxyl groups is 1. The first kappa shape index (κ1) is 10.1. The molecule has 2 aliphatic rings. The van der Waals surface area contributed by atoms with Crippen LogP contribution in [0.25, 0.3) is 0 Å². The summed E-state index contributed by atoms with van der Waals surface area (Å²) in [6.07, 6.45) is 0. The molecule has 4 heteroatoms. The molecule has 0 saturated carbocycles. The van der Waals surface area contributed by atoms with Crippen LogP contribution in [-0.4, -0.2) is 40.8 Å². The van der Waals surface area contributed by atoms with E-state index in [2.05, 4.69) is 11.0 Å². The normalized spacial score (nSPS) is 28.1. The van der Waals surface area contributed by atoms with Crippen LogP contribution in [0.1, 0.15) is 11.6 Å². The monoisotopic (exact) mass is 220 g/mol. The van der Waals surface area contributed by atoms with Crippen LogP contribution in [0.3, 0.4) is 0 Å². The molecule has 3 heterocycles. The van der Waals surface area contributed by atoms with E-state index in [9.17, 15) is 4.79 Å². The van der Waals surface area contributed by atoms with Crippen LogP contribution < -0.4 is 5.56 Å². The van der Waals surface area contributed by atoms with Crippen LogP contribution in [0, 0.1) is 5.92 Å². The van der Waals surface area contributed by atoms with Crippen molar-refractivity contribution in [3.05, 3.63) is 34.2 Å². The summed E-state index contributed by atoms with van der Waals surface area (Å²) in [5, 5.41) is 8.93. The fourth-order valence-electron chi connectivity index (χ4n) is 3.09.